The highest BCUT2D eigenvalue weighted by Gasteiger charge is 2.13. The molecule has 0 rings (SSSR count). The first-order valence-electron chi connectivity index (χ1n) is 19.5. The fraction of sp³-hybridized carbons (Fsp3) is 0.805. The van der Waals surface area contributed by atoms with E-state index in [1.54, 1.807) is 0 Å². The molecule has 0 fully saturated rings. The molecule has 0 amide bonds. The Hall–Kier alpha value is -1.17. The summed E-state index contributed by atoms with van der Waals surface area (Å²) in [6.07, 6.45) is 51.7. The summed E-state index contributed by atoms with van der Waals surface area (Å²) in [5.74, 6) is 0.150. The summed E-state index contributed by atoms with van der Waals surface area (Å²) in [4.78, 5) is 0. The van der Waals surface area contributed by atoms with Crippen LogP contribution in [0.5, 0.6) is 0 Å². The van der Waals surface area contributed by atoms with Crippen LogP contribution in [-0.2, 0) is 19.0 Å². The number of ether oxygens (including phenoxy) is 1. The van der Waals surface area contributed by atoms with Crippen molar-refractivity contribution in [3.8, 4) is 0 Å². The summed E-state index contributed by atoms with van der Waals surface area (Å²) in [7, 11) is -3.41. The average Bonchev–Trinajstić information content (AvgIpc) is 3.03. The molecule has 0 saturated heterocycles. The lowest BCUT2D eigenvalue weighted by atomic mass is 10.0. The molecular weight excluding hydrogens is 589 g/mol. The zero-order valence-corrected chi connectivity index (χ0v) is 31.6. The van der Waals surface area contributed by atoms with E-state index in [1.165, 1.54) is 135 Å². The fourth-order valence-electron chi connectivity index (χ4n) is 5.47. The topological polar surface area (TPSA) is 52.6 Å². The number of hydrogen-bond donors (Lipinski definition) is 0. The molecule has 0 aromatic carbocycles. The number of unbranched alkanes of at least 4 members (excludes halogenated alkanes) is 19. The Morgan fingerprint density at radius 2 is 0.870 bits per heavy atom. The van der Waals surface area contributed by atoms with Gasteiger partial charge in [0.05, 0.1) is 19.5 Å². The summed E-state index contributed by atoms with van der Waals surface area (Å²) >= 11 is 0. The van der Waals surface area contributed by atoms with Crippen LogP contribution >= 0.6 is 0 Å². The quantitative estimate of drug-likeness (QED) is 0.0380. The van der Waals surface area contributed by atoms with E-state index in [1.807, 2.05) is 0 Å². The highest BCUT2D eigenvalue weighted by Crippen LogP contribution is 2.16. The van der Waals surface area contributed by atoms with Gasteiger partial charge in [0.15, 0.2) is 0 Å². The molecule has 0 aromatic heterocycles. The summed E-state index contributed by atoms with van der Waals surface area (Å²) < 4.78 is 34.2. The van der Waals surface area contributed by atoms with Gasteiger partial charge in [-0.2, -0.15) is 8.42 Å². The molecule has 270 valence electrons. The van der Waals surface area contributed by atoms with Gasteiger partial charge in [0.1, 0.15) is 0 Å². The van der Waals surface area contributed by atoms with Gasteiger partial charge in [0.25, 0.3) is 10.1 Å². The van der Waals surface area contributed by atoms with Gasteiger partial charge < -0.3 is 4.74 Å². The highest BCUT2D eigenvalue weighted by atomic mass is 32.2. The molecule has 0 saturated carbocycles. The predicted molar refractivity (Wildman–Crippen MR) is 203 cm³/mol. The molecule has 4 nitrogen and oxygen atoms in total. The van der Waals surface area contributed by atoms with Gasteiger partial charge in [0, 0.05) is 12.5 Å². The van der Waals surface area contributed by atoms with E-state index in [0.717, 1.165) is 45.0 Å². The molecule has 0 N–H and O–H groups in total. The van der Waals surface area contributed by atoms with Crippen molar-refractivity contribution in [2.45, 2.75) is 181 Å². The van der Waals surface area contributed by atoms with Crippen LogP contribution in [0.25, 0.3) is 0 Å². The van der Waals surface area contributed by atoms with Crippen molar-refractivity contribution >= 4 is 10.1 Å². The predicted octanol–water partition coefficient (Wildman–Crippen LogP) is 13.0. The van der Waals surface area contributed by atoms with Gasteiger partial charge in [-0.25, -0.2) is 0 Å². The van der Waals surface area contributed by atoms with Gasteiger partial charge in [-0.1, -0.05) is 152 Å². The maximum absolute atomic E-state index is 11.5. The van der Waals surface area contributed by atoms with Gasteiger partial charge in [-0.3, -0.25) is 4.18 Å². The Morgan fingerprint density at radius 3 is 1.30 bits per heavy atom. The van der Waals surface area contributed by atoms with Crippen molar-refractivity contribution in [2.75, 3.05) is 26.1 Å². The Labute approximate surface area is 288 Å². The second kappa shape index (κ2) is 36.7. The third kappa shape index (κ3) is 39.0. The minimum Gasteiger partial charge on any atom is -0.381 e. The van der Waals surface area contributed by atoms with Crippen LogP contribution in [0, 0.1) is 5.92 Å². The molecule has 0 bridgehead atoms. The van der Waals surface area contributed by atoms with E-state index in [9.17, 15) is 8.42 Å². The summed E-state index contributed by atoms with van der Waals surface area (Å²) in [6.45, 7) is 6.10. The maximum Gasteiger partial charge on any atom is 0.264 e. The molecule has 0 spiro atoms. The van der Waals surface area contributed by atoms with Crippen LogP contribution < -0.4 is 0 Å². The van der Waals surface area contributed by atoms with E-state index in [4.69, 9.17) is 8.92 Å². The summed E-state index contributed by atoms with van der Waals surface area (Å²) in [6, 6.07) is 0. The van der Waals surface area contributed by atoms with Crippen molar-refractivity contribution in [1.82, 2.24) is 0 Å². The largest absolute Gasteiger partial charge is 0.381 e. The molecule has 1 atom stereocenters. The lowest BCUT2D eigenvalue weighted by molar-refractivity contribution is 0.0727. The minimum absolute atomic E-state index is 0.150. The molecule has 0 heterocycles. The van der Waals surface area contributed by atoms with Crippen molar-refractivity contribution in [2.24, 2.45) is 5.92 Å². The second-order valence-corrected chi connectivity index (χ2v) is 14.9. The Balaban J connectivity index is 3.76. The summed E-state index contributed by atoms with van der Waals surface area (Å²) in [5.41, 5.74) is 0. The van der Waals surface area contributed by atoms with Crippen molar-refractivity contribution in [3.63, 3.8) is 0 Å². The maximum atomic E-state index is 11.5. The number of rotatable bonds is 36. The van der Waals surface area contributed by atoms with Crippen molar-refractivity contribution < 1.29 is 17.3 Å². The molecule has 0 radical (unpaired) electrons. The zero-order valence-electron chi connectivity index (χ0n) is 30.7. The van der Waals surface area contributed by atoms with Crippen LogP contribution in [0.2, 0.25) is 0 Å². The molecular formula is C41H76O4S. The van der Waals surface area contributed by atoms with Crippen molar-refractivity contribution in [3.05, 3.63) is 48.6 Å². The highest BCUT2D eigenvalue weighted by molar-refractivity contribution is 7.85. The third-order valence-electron chi connectivity index (χ3n) is 8.42. The van der Waals surface area contributed by atoms with Crippen LogP contribution in [0.3, 0.4) is 0 Å². The Kier molecular flexibility index (Phi) is 35.7. The Bertz CT molecular complexity index is 827. The molecule has 0 aliphatic carbocycles. The minimum atomic E-state index is -3.41. The average molecular weight is 665 g/mol. The lowest BCUT2D eigenvalue weighted by Crippen LogP contribution is -2.19. The van der Waals surface area contributed by atoms with Gasteiger partial charge >= 0.3 is 0 Å². The van der Waals surface area contributed by atoms with Crippen LogP contribution in [0.1, 0.15) is 181 Å². The second-order valence-electron chi connectivity index (χ2n) is 13.2. The molecule has 0 aliphatic heterocycles. The summed E-state index contributed by atoms with van der Waals surface area (Å²) in [5, 5.41) is 0. The lowest BCUT2D eigenvalue weighted by Gasteiger charge is -2.16. The van der Waals surface area contributed by atoms with E-state index in [-0.39, 0.29) is 12.5 Å². The molecule has 1 unspecified atom stereocenters. The smallest absolute Gasteiger partial charge is 0.264 e. The molecule has 0 aliphatic rings. The normalized spacial score (nSPS) is 13.4. The standard InChI is InChI=1S/C41H76O4S/c1-4-6-8-10-12-14-16-18-20-22-23-25-27-29-31-33-35-37-41(40-45-46(3,42)43)39-44-38-36-34-32-30-28-26-24-21-19-17-15-13-11-9-7-5-2/h12-15,18-21,41H,4-11,16-17,22-40H2,1-3H3. The molecule has 0 aromatic rings. The molecule has 5 heteroatoms. The first kappa shape index (κ1) is 44.8. The van der Waals surface area contributed by atoms with E-state index in [2.05, 4.69) is 62.5 Å². The first-order valence-corrected chi connectivity index (χ1v) is 21.3. The van der Waals surface area contributed by atoms with Crippen LogP contribution in [0.4, 0.5) is 0 Å². The van der Waals surface area contributed by atoms with Gasteiger partial charge in [0.2, 0.25) is 0 Å². The number of allylic oxidation sites excluding steroid dienone is 8. The fourth-order valence-corrected chi connectivity index (χ4v) is 5.91. The third-order valence-corrected chi connectivity index (χ3v) is 8.99. The van der Waals surface area contributed by atoms with E-state index in [0.29, 0.717) is 6.61 Å². The first-order chi connectivity index (χ1) is 22.5. The van der Waals surface area contributed by atoms with Gasteiger partial charge in [-0.15, -0.1) is 0 Å². The van der Waals surface area contributed by atoms with E-state index < -0.39 is 10.1 Å². The molecule has 46 heavy (non-hydrogen) atoms. The number of hydrogen-bond acceptors (Lipinski definition) is 4. The van der Waals surface area contributed by atoms with Crippen molar-refractivity contribution in [1.29, 1.82) is 0 Å². The zero-order chi connectivity index (χ0) is 33.7. The Morgan fingerprint density at radius 1 is 0.478 bits per heavy atom. The van der Waals surface area contributed by atoms with E-state index >= 15 is 0 Å². The van der Waals surface area contributed by atoms with Crippen LogP contribution in [0.15, 0.2) is 48.6 Å². The van der Waals surface area contributed by atoms with Gasteiger partial charge in [-0.05, 0) is 77.0 Å². The monoisotopic (exact) mass is 665 g/mol. The SMILES string of the molecule is CCCCCC=CCC=CCCCCCCCCCC(COCCCCCCCCC=CCC=CCCCCC)COS(C)(=O)=O. The van der Waals surface area contributed by atoms with Crippen LogP contribution in [-0.4, -0.2) is 34.5 Å².